The van der Waals surface area contributed by atoms with E-state index < -0.39 is 5.60 Å². The zero-order chi connectivity index (χ0) is 15.3. The summed E-state index contributed by atoms with van der Waals surface area (Å²) in [6, 6.07) is 17.3. The van der Waals surface area contributed by atoms with Gasteiger partial charge in [0, 0.05) is 11.4 Å². The Morgan fingerprint density at radius 2 is 1.71 bits per heavy atom. The van der Waals surface area contributed by atoms with Gasteiger partial charge in [-0.15, -0.1) is 0 Å². The van der Waals surface area contributed by atoms with Gasteiger partial charge < -0.3 is 9.47 Å². The quantitative estimate of drug-likeness (QED) is 0.755. The normalized spacial score (nSPS) is 13.3. The Kier molecular flexibility index (Phi) is 5.02. The molecule has 2 aromatic rings. The van der Waals surface area contributed by atoms with E-state index >= 15 is 0 Å². The second kappa shape index (κ2) is 6.76. The molecule has 0 bridgehead atoms. The Hall–Kier alpha value is -1.81. The molecule has 3 nitrogen and oxygen atoms in total. The minimum atomic E-state index is -0.735. The lowest BCUT2D eigenvalue weighted by Crippen LogP contribution is -2.35. The van der Waals surface area contributed by atoms with Crippen LogP contribution in [-0.2, 0) is 15.1 Å². The van der Waals surface area contributed by atoms with Gasteiger partial charge in [0.15, 0.2) is 5.60 Å². The molecule has 1 atom stereocenters. The Balaban J connectivity index is 2.27. The highest BCUT2D eigenvalue weighted by atomic mass is 79.9. The van der Waals surface area contributed by atoms with E-state index in [4.69, 9.17) is 9.47 Å². The van der Waals surface area contributed by atoms with Crippen molar-refractivity contribution in [2.24, 2.45) is 0 Å². The Labute approximate surface area is 133 Å². The van der Waals surface area contributed by atoms with Gasteiger partial charge in [0.25, 0.3) is 0 Å². The van der Waals surface area contributed by atoms with Gasteiger partial charge in [-0.3, -0.25) is 4.79 Å². The van der Waals surface area contributed by atoms with Crippen molar-refractivity contribution in [1.29, 1.82) is 0 Å². The first-order valence-corrected chi connectivity index (χ1v) is 7.42. The molecule has 0 heterocycles. The number of ether oxygens (including phenoxy) is 2. The molecule has 4 heteroatoms. The molecule has 0 saturated heterocycles. The van der Waals surface area contributed by atoms with Crippen LogP contribution >= 0.6 is 15.9 Å². The maximum atomic E-state index is 11.1. The van der Waals surface area contributed by atoms with Crippen LogP contribution in [0.2, 0.25) is 0 Å². The topological polar surface area (TPSA) is 35.5 Å². The van der Waals surface area contributed by atoms with E-state index in [-0.39, 0.29) is 12.6 Å². The lowest BCUT2D eigenvalue weighted by molar-refractivity contribution is -0.147. The second-order valence-electron chi connectivity index (χ2n) is 4.93. The summed E-state index contributed by atoms with van der Waals surface area (Å²) in [5.74, 6) is 0.397. The molecule has 0 spiro atoms. The van der Waals surface area contributed by atoms with Crippen LogP contribution in [-0.4, -0.2) is 12.6 Å². The number of hydrogen-bond donors (Lipinski definition) is 0. The Morgan fingerprint density at radius 3 is 2.29 bits per heavy atom. The third-order valence-corrected chi connectivity index (χ3v) is 3.62. The number of rotatable bonds is 5. The van der Waals surface area contributed by atoms with Gasteiger partial charge in [-0.25, -0.2) is 0 Å². The van der Waals surface area contributed by atoms with Gasteiger partial charge in [-0.1, -0.05) is 46.3 Å². The van der Waals surface area contributed by atoms with Gasteiger partial charge >= 0.3 is 5.97 Å². The average molecular weight is 349 g/mol. The van der Waals surface area contributed by atoms with E-state index in [0.29, 0.717) is 0 Å². The third-order valence-electron chi connectivity index (χ3n) is 3.09. The van der Waals surface area contributed by atoms with Crippen molar-refractivity contribution in [3.05, 3.63) is 64.6 Å². The van der Waals surface area contributed by atoms with E-state index in [2.05, 4.69) is 15.9 Å². The van der Waals surface area contributed by atoms with E-state index in [1.54, 1.807) is 0 Å². The summed E-state index contributed by atoms with van der Waals surface area (Å²) >= 11 is 3.39. The van der Waals surface area contributed by atoms with Crippen LogP contribution in [0.15, 0.2) is 59.1 Å². The highest BCUT2D eigenvalue weighted by molar-refractivity contribution is 9.10. The number of carbonyl (C=O) groups excluding carboxylic acids is 1. The lowest BCUT2D eigenvalue weighted by atomic mass is 9.96. The van der Waals surface area contributed by atoms with Crippen molar-refractivity contribution < 1.29 is 14.3 Å². The molecule has 21 heavy (non-hydrogen) atoms. The maximum absolute atomic E-state index is 11.1. The van der Waals surface area contributed by atoms with Crippen LogP contribution in [0, 0.1) is 0 Å². The van der Waals surface area contributed by atoms with Crippen molar-refractivity contribution in [1.82, 2.24) is 0 Å². The average Bonchev–Trinajstić information content (AvgIpc) is 2.49. The minimum absolute atomic E-state index is 0.155. The second-order valence-corrected chi connectivity index (χ2v) is 5.85. The molecule has 0 N–H and O–H groups in total. The minimum Gasteiger partial charge on any atom is -0.479 e. The van der Waals surface area contributed by atoms with Crippen molar-refractivity contribution in [3.8, 4) is 5.75 Å². The van der Waals surface area contributed by atoms with E-state index in [9.17, 15) is 4.79 Å². The first-order chi connectivity index (χ1) is 9.99. The van der Waals surface area contributed by atoms with Crippen LogP contribution in [0.5, 0.6) is 5.75 Å². The number of benzene rings is 2. The summed E-state index contributed by atoms with van der Waals surface area (Å²) < 4.78 is 12.3. The fourth-order valence-electron chi connectivity index (χ4n) is 1.96. The van der Waals surface area contributed by atoms with Crippen LogP contribution in [0.3, 0.4) is 0 Å². The fraction of sp³-hybridized carbons (Fsp3) is 0.235. The molecular weight excluding hydrogens is 332 g/mol. The molecule has 1 unspecified atom stereocenters. The van der Waals surface area contributed by atoms with E-state index in [0.717, 1.165) is 15.8 Å². The number of esters is 1. The highest BCUT2D eigenvalue weighted by Crippen LogP contribution is 2.29. The molecule has 2 rings (SSSR count). The summed E-state index contributed by atoms with van der Waals surface area (Å²) in [4.78, 5) is 11.1. The molecule has 0 fully saturated rings. The van der Waals surface area contributed by atoms with Crippen molar-refractivity contribution in [2.75, 3.05) is 6.61 Å². The zero-order valence-electron chi connectivity index (χ0n) is 12.0. The van der Waals surface area contributed by atoms with E-state index in [1.165, 1.54) is 6.92 Å². The Bertz CT molecular complexity index is 595. The maximum Gasteiger partial charge on any atom is 0.302 e. The van der Waals surface area contributed by atoms with Gasteiger partial charge in [0.05, 0.1) is 0 Å². The summed E-state index contributed by atoms with van der Waals surface area (Å²) in [6.07, 6.45) is 0. The van der Waals surface area contributed by atoms with Gasteiger partial charge in [0.1, 0.15) is 12.4 Å². The summed E-state index contributed by atoms with van der Waals surface area (Å²) in [5, 5.41) is 0. The van der Waals surface area contributed by atoms with Crippen LogP contribution in [0.25, 0.3) is 0 Å². The molecular formula is C17H17BrO3. The van der Waals surface area contributed by atoms with Crippen molar-refractivity contribution >= 4 is 21.9 Å². The van der Waals surface area contributed by atoms with Crippen molar-refractivity contribution in [2.45, 2.75) is 19.4 Å². The van der Waals surface area contributed by atoms with Gasteiger partial charge in [0.2, 0.25) is 0 Å². The molecule has 0 aliphatic heterocycles. The van der Waals surface area contributed by atoms with Gasteiger partial charge in [-0.2, -0.15) is 0 Å². The number of halogens is 1. The predicted octanol–water partition coefficient (Wildman–Crippen LogP) is 4.31. The SMILES string of the molecule is CC(=O)OCC(C)(Oc1ccc(Br)cc1)c1ccccc1. The first-order valence-electron chi connectivity index (χ1n) is 6.63. The van der Waals surface area contributed by atoms with E-state index in [1.807, 2.05) is 61.5 Å². The number of hydrogen-bond acceptors (Lipinski definition) is 3. The standard InChI is InChI=1S/C17H17BrO3/c1-13(19)20-12-17(2,14-6-4-3-5-7-14)21-16-10-8-15(18)9-11-16/h3-11H,12H2,1-2H3. The van der Waals surface area contributed by atoms with Crippen molar-refractivity contribution in [3.63, 3.8) is 0 Å². The molecule has 0 aromatic heterocycles. The molecule has 110 valence electrons. The molecule has 0 aliphatic rings. The Morgan fingerprint density at radius 1 is 1.10 bits per heavy atom. The highest BCUT2D eigenvalue weighted by Gasteiger charge is 2.30. The lowest BCUT2D eigenvalue weighted by Gasteiger charge is -2.30. The van der Waals surface area contributed by atoms with Gasteiger partial charge in [-0.05, 0) is 36.8 Å². The van der Waals surface area contributed by atoms with Crippen LogP contribution < -0.4 is 4.74 Å². The third kappa shape index (κ3) is 4.33. The molecule has 0 radical (unpaired) electrons. The molecule has 0 aliphatic carbocycles. The van der Waals surface area contributed by atoms with Crippen LogP contribution in [0.4, 0.5) is 0 Å². The first kappa shape index (κ1) is 15.6. The summed E-state index contributed by atoms with van der Waals surface area (Å²) in [5.41, 5.74) is 0.218. The summed E-state index contributed by atoms with van der Waals surface area (Å²) in [6.45, 7) is 3.46. The zero-order valence-corrected chi connectivity index (χ0v) is 13.6. The summed E-state index contributed by atoms with van der Waals surface area (Å²) in [7, 11) is 0. The van der Waals surface area contributed by atoms with Crippen LogP contribution in [0.1, 0.15) is 19.4 Å². The molecule has 2 aromatic carbocycles. The number of carbonyl (C=O) groups is 1. The largest absolute Gasteiger partial charge is 0.479 e. The monoisotopic (exact) mass is 348 g/mol. The smallest absolute Gasteiger partial charge is 0.302 e. The molecule has 0 saturated carbocycles. The predicted molar refractivity (Wildman–Crippen MR) is 85.2 cm³/mol. The fourth-order valence-corrected chi connectivity index (χ4v) is 2.23. The molecule has 0 amide bonds.